The average molecular weight is 192 g/mol. The van der Waals surface area contributed by atoms with Crippen molar-refractivity contribution in [3.05, 3.63) is 36.5 Å². The van der Waals surface area contributed by atoms with Crippen LogP contribution < -0.4 is 9.92 Å². The summed E-state index contributed by atoms with van der Waals surface area (Å²) in [5, 5.41) is 1.39. The quantitative estimate of drug-likeness (QED) is 0.668. The van der Waals surface area contributed by atoms with Gasteiger partial charge in [-0.25, -0.2) is 0 Å². The van der Waals surface area contributed by atoms with E-state index in [9.17, 15) is 0 Å². The molecule has 0 N–H and O–H groups in total. The molecule has 2 heteroatoms. The average Bonchev–Trinajstić information content (AvgIpc) is 2.18. The van der Waals surface area contributed by atoms with Crippen molar-refractivity contribution in [3.63, 3.8) is 0 Å². The highest BCUT2D eigenvalue weighted by Gasteiger charge is 2.18. The molecule has 0 aromatic heterocycles. The van der Waals surface area contributed by atoms with Crippen molar-refractivity contribution in [2.75, 3.05) is 7.11 Å². The van der Waals surface area contributed by atoms with Gasteiger partial charge in [0.2, 0.25) is 0 Å². The van der Waals surface area contributed by atoms with Gasteiger partial charge in [-0.15, -0.1) is 6.58 Å². The highest BCUT2D eigenvalue weighted by Crippen LogP contribution is 2.10. The Bertz CT molecular complexity index is 287. The molecule has 70 valence electrons. The second-order valence-electron chi connectivity index (χ2n) is 3.65. The molecular weight excluding hydrogens is 176 g/mol. The third kappa shape index (κ3) is 2.22. The molecular formula is C11H16OSi. The van der Waals surface area contributed by atoms with Crippen LogP contribution in [0.1, 0.15) is 0 Å². The van der Waals surface area contributed by atoms with Crippen LogP contribution in [0.25, 0.3) is 0 Å². The summed E-state index contributed by atoms with van der Waals surface area (Å²) in [5.41, 5.74) is 2.09. The monoisotopic (exact) mass is 192 g/mol. The first kappa shape index (κ1) is 10.1. The topological polar surface area (TPSA) is 9.23 Å². The van der Waals surface area contributed by atoms with Crippen molar-refractivity contribution in [1.29, 1.82) is 0 Å². The second-order valence-corrected chi connectivity index (χ2v) is 8.08. The summed E-state index contributed by atoms with van der Waals surface area (Å²) in [6.07, 6.45) is 0. The first-order chi connectivity index (χ1) is 6.10. The first-order valence-corrected chi connectivity index (χ1v) is 7.46. The summed E-state index contributed by atoms with van der Waals surface area (Å²) in [5.74, 6) is 0.914. The van der Waals surface area contributed by atoms with Gasteiger partial charge in [-0.1, -0.05) is 36.1 Å². The highest BCUT2D eigenvalue weighted by atomic mass is 28.3. The molecule has 0 unspecified atom stereocenters. The number of hydrogen-bond donors (Lipinski definition) is 0. The molecule has 0 aliphatic carbocycles. The van der Waals surface area contributed by atoms with Crippen LogP contribution in [0.3, 0.4) is 0 Å². The molecule has 1 aromatic carbocycles. The van der Waals surface area contributed by atoms with Crippen LogP contribution in [0, 0.1) is 0 Å². The van der Waals surface area contributed by atoms with Gasteiger partial charge in [0.15, 0.2) is 0 Å². The molecule has 0 amide bonds. The van der Waals surface area contributed by atoms with Crippen molar-refractivity contribution in [1.82, 2.24) is 0 Å². The minimum absolute atomic E-state index is 0.914. The fourth-order valence-electron chi connectivity index (χ4n) is 1.14. The zero-order valence-corrected chi connectivity index (χ0v) is 9.50. The largest absolute Gasteiger partial charge is 0.497 e. The van der Waals surface area contributed by atoms with E-state index in [0.717, 1.165) is 5.75 Å². The first-order valence-electron chi connectivity index (χ1n) is 4.38. The van der Waals surface area contributed by atoms with Gasteiger partial charge >= 0.3 is 0 Å². The van der Waals surface area contributed by atoms with Crippen LogP contribution in [0.4, 0.5) is 0 Å². The van der Waals surface area contributed by atoms with Crippen molar-refractivity contribution in [2.24, 2.45) is 0 Å². The predicted molar refractivity (Wildman–Crippen MR) is 60.3 cm³/mol. The maximum Gasteiger partial charge on any atom is 0.118 e. The summed E-state index contributed by atoms with van der Waals surface area (Å²) in [6.45, 7) is 8.44. The van der Waals surface area contributed by atoms with Crippen LogP contribution in [-0.4, -0.2) is 15.2 Å². The third-order valence-electron chi connectivity index (χ3n) is 2.34. The van der Waals surface area contributed by atoms with Crippen LogP contribution in [0.5, 0.6) is 5.75 Å². The molecule has 0 aliphatic rings. The molecule has 0 aliphatic heterocycles. The standard InChI is InChI=1S/C11H16OSi/c1-5-13(3,4)11-8-6-10(12-2)7-9-11/h5-9H,1H2,2-4H3. The van der Waals surface area contributed by atoms with E-state index in [1.165, 1.54) is 5.19 Å². The number of methoxy groups -OCH3 is 1. The van der Waals surface area contributed by atoms with E-state index >= 15 is 0 Å². The maximum atomic E-state index is 5.11. The van der Waals surface area contributed by atoms with Gasteiger partial charge in [-0.3, -0.25) is 0 Å². The zero-order chi connectivity index (χ0) is 9.90. The van der Waals surface area contributed by atoms with E-state index in [1.54, 1.807) is 7.11 Å². The smallest absolute Gasteiger partial charge is 0.118 e. The second kappa shape index (κ2) is 3.79. The Kier molecular flexibility index (Phi) is 2.93. The lowest BCUT2D eigenvalue weighted by Crippen LogP contribution is -2.38. The molecule has 0 spiro atoms. The zero-order valence-electron chi connectivity index (χ0n) is 8.50. The molecule has 0 saturated heterocycles. The fraction of sp³-hybridized carbons (Fsp3) is 0.273. The number of hydrogen-bond acceptors (Lipinski definition) is 1. The van der Waals surface area contributed by atoms with Gasteiger partial charge in [0.1, 0.15) is 13.8 Å². The molecule has 13 heavy (non-hydrogen) atoms. The third-order valence-corrected chi connectivity index (χ3v) is 5.19. The highest BCUT2D eigenvalue weighted by molar-refractivity contribution is 6.93. The Morgan fingerprint density at radius 2 is 1.77 bits per heavy atom. The minimum Gasteiger partial charge on any atom is -0.497 e. The van der Waals surface area contributed by atoms with Crippen LogP contribution in [0.15, 0.2) is 36.5 Å². The Labute approximate surface area is 81.1 Å². The Morgan fingerprint density at radius 3 is 2.15 bits per heavy atom. The molecule has 0 radical (unpaired) electrons. The van der Waals surface area contributed by atoms with E-state index in [2.05, 4.69) is 37.5 Å². The summed E-state index contributed by atoms with van der Waals surface area (Å²) in [7, 11) is 0.305. The van der Waals surface area contributed by atoms with Crippen molar-refractivity contribution < 1.29 is 4.74 Å². The Balaban J connectivity index is 2.98. The van der Waals surface area contributed by atoms with Gasteiger partial charge in [0, 0.05) is 0 Å². The minimum atomic E-state index is -1.38. The molecule has 0 saturated carbocycles. The molecule has 0 heterocycles. The van der Waals surface area contributed by atoms with Gasteiger partial charge in [0.05, 0.1) is 7.11 Å². The fourth-order valence-corrected chi connectivity index (χ4v) is 2.40. The van der Waals surface area contributed by atoms with Crippen molar-refractivity contribution in [3.8, 4) is 5.75 Å². The number of rotatable bonds is 3. The lowest BCUT2D eigenvalue weighted by Gasteiger charge is -2.17. The van der Waals surface area contributed by atoms with E-state index in [4.69, 9.17) is 4.74 Å². The summed E-state index contributed by atoms with van der Waals surface area (Å²) >= 11 is 0. The predicted octanol–water partition coefficient (Wildman–Crippen LogP) is 2.34. The van der Waals surface area contributed by atoms with Gasteiger partial charge < -0.3 is 4.74 Å². The molecule has 1 rings (SSSR count). The van der Waals surface area contributed by atoms with Gasteiger partial charge in [0.25, 0.3) is 0 Å². The SMILES string of the molecule is C=C[Si](C)(C)c1ccc(OC)cc1. The Hall–Kier alpha value is -1.02. The lowest BCUT2D eigenvalue weighted by atomic mass is 10.3. The van der Waals surface area contributed by atoms with E-state index < -0.39 is 8.07 Å². The van der Waals surface area contributed by atoms with E-state index in [0.29, 0.717) is 0 Å². The van der Waals surface area contributed by atoms with E-state index in [1.807, 2.05) is 12.1 Å². The normalized spacial score (nSPS) is 11.0. The van der Waals surface area contributed by atoms with Crippen molar-refractivity contribution >= 4 is 13.3 Å². The van der Waals surface area contributed by atoms with Gasteiger partial charge in [-0.2, -0.15) is 0 Å². The summed E-state index contributed by atoms with van der Waals surface area (Å²) in [6, 6.07) is 8.28. The molecule has 0 bridgehead atoms. The molecule has 1 aromatic rings. The Morgan fingerprint density at radius 1 is 1.23 bits per heavy atom. The van der Waals surface area contributed by atoms with Crippen molar-refractivity contribution in [2.45, 2.75) is 13.1 Å². The lowest BCUT2D eigenvalue weighted by molar-refractivity contribution is 0.415. The molecule has 1 nitrogen and oxygen atoms in total. The van der Waals surface area contributed by atoms with Crippen LogP contribution in [0.2, 0.25) is 13.1 Å². The summed E-state index contributed by atoms with van der Waals surface area (Å²) < 4.78 is 5.11. The molecule has 0 fully saturated rings. The summed E-state index contributed by atoms with van der Waals surface area (Å²) in [4.78, 5) is 0. The number of ether oxygens (including phenoxy) is 1. The van der Waals surface area contributed by atoms with Crippen LogP contribution in [-0.2, 0) is 0 Å². The maximum absolute atomic E-state index is 5.11. The van der Waals surface area contributed by atoms with E-state index in [-0.39, 0.29) is 0 Å². The van der Waals surface area contributed by atoms with Gasteiger partial charge in [-0.05, 0) is 12.1 Å². The van der Waals surface area contributed by atoms with Crippen LogP contribution >= 0.6 is 0 Å². The molecule has 0 atom stereocenters. The number of benzene rings is 1.